The van der Waals surface area contributed by atoms with Crippen molar-refractivity contribution in [2.24, 2.45) is 0 Å². The Hall–Kier alpha value is -3.60. The van der Waals surface area contributed by atoms with Crippen LogP contribution in [0.25, 0.3) is 22.2 Å². The van der Waals surface area contributed by atoms with Gasteiger partial charge in [-0.05, 0) is 48.6 Å². The van der Waals surface area contributed by atoms with Gasteiger partial charge in [-0.2, -0.15) is 0 Å². The van der Waals surface area contributed by atoms with Crippen LogP contribution in [0.1, 0.15) is 35.9 Å². The van der Waals surface area contributed by atoms with Crippen molar-refractivity contribution in [3.05, 3.63) is 89.8 Å². The number of benzene rings is 3. The van der Waals surface area contributed by atoms with Crippen molar-refractivity contribution < 1.29 is 9.21 Å². The van der Waals surface area contributed by atoms with Gasteiger partial charge < -0.3 is 14.6 Å². The molecule has 5 heteroatoms. The maximum absolute atomic E-state index is 12.8. The number of urea groups is 1. The van der Waals surface area contributed by atoms with E-state index >= 15 is 0 Å². The molecule has 1 aromatic heterocycles. The van der Waals surface area contributed by atoms with Crippen molar-refractivity contribution in [1.29, 1.82) is 0 Å². The SMILES string of the molecule is Cc1cccc(-c2ccc3oc([C@@H]4CCCN4C(=O)NCc4ccccc4)nc3c2)c1. The molecular formula is C26H25N3O2. The molecule has 1 atom stereocenters. The highest BCUT2D eigenvalue weighted by Crippen LogP contribution is 2.34. The zero-order chi connectivity index (χ0) is 21.2. The summed E-state index contributed by atoms with van der Waals surface area (Å²) < 4.78 is 6.08. The molecule has 0 aliphatic carbocycles. The summed E-state index contributed by atoms with van der Waals surface area (Å²) in [6, 6.07) is 24.2. The highest BCUT2D eigenvalue weighted by molar-refractivity contribution is 5.81. The van der Waals surface area contributed by atoms with Gasteiger partial charge in [-0.15, -0.1) is 0 Å². The quantitative estimate of drug-likeness (QED) is 0.458. The van der Waals surface area contributed by atoms with Gasteiger partial charge in [0.25, 0.3) is 0 Å². The minimum atomic E-state index is -0.134. The minimum Gasteiger partial charge on any atom is -0.438 e. The van der Waals surface area contributed by atoms with Gasteiger partial charge in [-0.3, -0.25) is 0 Å². The Labute approximate surface area is 181 Å². The predicted octanol–water partition coefficient (Wildman–Crippen LogP) is 5.85. The highest BCUT2D eigenvalue weighted by Gasteiger charge is 2.33. The van der Waals surface area contributed by atoms with Crippen molar-refractivity contribution in [2.75, 3.05) is 6.54 Å². The number of aromatic nitrogens is 1. The lowest BCUT2D eigenvalue weighted by molar-refractivity contribution is 0.184. The first-order valence-electron chi connectivity index (χ1n) is 10.7. The van der Waals surface area contributed by atoms with Crippen LogP contribution < -0.4 is 5.32 Å². The fraction of sp³-hybridized carbons (Fsp3) is 0.231. The molecule has 2 amide bonds. The number of hydrogen-bond donors (Lipinski definition) is 1. The summed E-state index contributed by atoms with van der Waals surface area (Å²) in [7, 11) is 0. The molecule has 0 unspecified atom stereocenters. The van der Waals surface area contributed by atoms with Crippen LogP contribution in [-0.2, 0) is 6.54 Å². The Bertz CT molecular complexity index is 1220. The summed E-state index contributed by atoms with van der Waals surface area (Å²) in [5.74, 6) is 0.615. The maximum Gasteiger partial charge on any atom is 0.318 e. The van der Waals surface area contributed by atoms with Gasteiger partial charge in [0.1, 0.15) is 11.6 Å². The van der Waals surface area contributed by atoms with Crippen LogP contribution >= 0.6 is 0 Å². The monoisotopic (exact) mass is 411 g/mol. The normalized spacial score (nSPS) is 16.0. The first kappa shape index (κ1) is 19.4. The fourth-order valence-corrected chi connectivity index (χ4v) is 4.23. The molecule has 4 aromatic rings. The van der Waals surface area contributed by atoms with Crippen LogP contribution in [0, 0.1) is 6.92 Å². The molecular weight excluding hydrogens is 386 g/mol. The Balaban J connectivity index is 1.36. The van der Waals surface area contributed by atoms with Crippen LogP contribution in [0.3, 0.4) is 0 Å². The van der Waals surface area contributed by atoms with Crippen LogP contribution in [0.2, 0.25) is 0 Å². The third kappa shape index (κ3) is 4.04. The second-order valence-corrected chi connectivity index (χ2v) is 8.10. The van der Waals surface area contributed by atoms with Crippen molar-refractivity contribution in [2.45, 2.75) is 32.4 Å². The average Bonchev–Trinajstić information content (AvgIpc) is 3.44. The molecule has 31 heavy (non-hydrogen) atoms. The molecule has 0 spiro atoms. The van der Waals surface area contributed by atoms with E-state index in [1.165, 1.54) is 5.56 Å². The number of amides is 2. The second kappa shape index (κ2) is 8.26. The number of oxazole rings is 1. The lowest BCUT2D eigenvalue weighted by Crippen LogP contribution is -2.39. The van der Waals surface area contributed by atoms with Crippen molar-refractivity contribution in [3.8, 4) is 11.1 Å². The molecule has 5 rings (SSSR count). The summed E-state index contributed by atoms with van der Waals surface area (Å²) in [4.78, 5) is 19.4. The van der Waals surface area contributed by atoms with E-state index < -0.39 is 0 Å². The van der Waals surface area contributed by atoms with E-state index in [2.05, 4.69) is 48.6 Å². The summed E-state index contributed by atoms with van der Waals surface area (Å²) in [6.07, 6.45) is 1.80. The Morgan fingerprint density at radius 2 is 1.90 bits per heavy atom. The van der Waals surface area contributed by atoms with E-state index in [0.29, 0.717) is 19.0 Å². The molecule has 1 aliphatic heterocycles. The summed E-state index contributed by atoms with van der Waals surface area (Å²) >= 11 is 0. The first-order chi connectivity index (χ1) is 15.2. The molecule has 1 aliphatic rings. The Morgan fingerprint density at radius 3 is 2.74 bits per heavy atom. The van der Waals surface area contributed by atoms with E-state index in [1.807, 2.05) is 41.3 Å². The number of rotatable bonds is 4. The van der Waals surface area contributed by atoms with E-state index in [4.69, 9.17) is 9.40 Å². The molecule has 0 radical (unpaired) electrons. The third-order valence-corrected chi connectivity index (χ3v) is 5.84. The van der Waals surface area contributed by atoms with Gasteiger partial charge in [0.15, 0.2) is 5.58 Å². The van der Waals surface area contributed by atoms with Crippen molar-refractivity contribution in [1.82, 2.24) is 15.2 Å². The van der Waals surface area contributed by atoms with Gasteiger partial charge in [0.2, 0.25) is 5.89 Å². The summed E-state index contributed by atoms with van der Waals surface area (Å²) in [5.41, 5.74) is 6.15. The number of likely N-dealkylation sites (tertiary alicyclic amines) is 1. The van der Waals surface area contributed by atoms with Crippen LogP contribution in [-0.4, -0.2) is 22.5 Å². The van der Waals surface area contributed by atoms with Gasteiger partial charge in [-0.1, -0.05) is 66.2 Å². The molecule has 1 N–H and O–H groups in total. The molecule has 2 heterocycles. The van der Waals surface area contributed by atoms with Gasteiger partial charge in [0, 0.05) is 13.1 Å². The lowest BCUT2D eigenvalue weighted by Gasteiger charge is -2.22. The van der Waals surface area contributed by atoms with E-state index in [1.54, 1.807) is 0 Å². The maximum atomic E-state index is 12.8. The molecule has 1 fully saturated rings. The zero-order valence-electron chi connectivity index (χ0n) is 17.5. The smallest absolute Gasteiger partial charge is 0.318 e. The number of aryl methyl sites for hydroxylation is 1. The van der Waals surface area contributed by atoms with Gasteiger partial charge in [-0.25, -0.2) is 9.78 Å². The standard InChI is InChI=1S/C26H25N3O2/c1-18-7-5-10-20(15-18)21-12-13-24-22(16-21)28-25(31-24)23-11-6-14-29(23)26(30)27-17-19-8-3-2-4-9-19/h2-5,7-10,12-13,15-16,23H,6,11,14,17H2,1H3,(H,27,30)/t23-/m0/s1. The van der Waals surface area contributed by atoms with E-state index in [-0.39, 0.29) is 12.1 Å². The lowest BCUT2D eigenvalue weighted by atomic mass is 10.0. The first-order valence-corrected chi connectivity index (χ1v) is 10.7. The number of nitrogens with zero attached hydrogens (tertiary/aromatic N) is 2. The molecule has 3 aromatic carbocycles. The van der Waals surface area contributed by atoms with Crippen LogP contribution in [0.5, 0.6) is 0 Å². The van der Waals surface area contributed by atoms with E-state index in [0.717, 1.165) is 40.6 Å². The number of fused-ring (bicyclic) bond motifs is 1. The average molecular weight is 412 g/mol. The predicted molar refractivity (Wildman–Crippen MR) is 122 cm³/mol. The van der Waals surface area contributed by atoms with Crippen molar-refractivity contribution in [3.63, 3.8) is 0 Å². The number of carbonyl (C=O) groups excluding carboxylic acids is 1. The van der Waals surface area contributed by atoms with Crippen molar-refractivity contribution >= 4 is 17.1 Å². The molecule has 156 valence electrons. The second-order valence-electron chi connectivity index (χ2n) is 8.10. The Kier molecular flexibility index (Phi) is 5.16. The molecule has 5 nitrogen and oxygen atoms in total. The molecule has 0 saturated carbocycles. The number of hydrogen-bond acceptors (Lipinski definition) is 3. The summed E-state index contributed by atoms with van der Waals surface area (Å²) in [6.45, 7) is 3.31. The highest BCUT2D eigenvalue weighted by atomic mass is 16.4. The van der Waals surface area contributed by atoms with E-state index in [9.17, 15) is 4.79 Å². The number of nitrogens with one attached hydrogen (secondary N) is 1. The Morgan fingerprint density at radius 1 is 1.06 bits per heavy atom. The summed E-state index contributed by atoms with van der Waals surface area (Å²) in [5, 5.41) is 3.03. The zero-order valence-corrected chi connectivity index (χ0v) is 17.5. The topological polar surface area (TPSA) is 58.4 Å². The van der Waals surface area contributed by atoms with Gasteiger partial charge >= 0.3 is 6.03 Å². The minimum absolute atomic E-state index is 0.0749. The molecule has 1 saturated heterocycles. The fourth-order valence-electron chi connectivity index (χ4n) is 4.23. The van der Waals surface area contributed by atoms with Crippen LogP contribution in [0.15, 0.2) is 77.2 Å². The largest absolute Gasteiger partial charge is 0.438 e. The molecule has 0 bridgehead atoms. The number of carbonyl (C=O) groups is 1. The van der Waals surface area contributed by atoms with Gasteiger partial charge in [0.05, 0.1) is 0 Å². The van der Waals surface area contributed by atoms with Crippen LogP contribution in [0.4, 0.5) is 4.79 Å². The third-order valence-electron chi connectivity index (χ3n) is 5.84.